The topological polar surface area (TPSA) is 0 Å². The molecular formula is C15H16F2. The van der Waals surface area contributed by atoms with E-state index in [-0.39, 0.29) is 0 Å². The van der Waals surface area contributed by atoms with E-state index in [1.807, 2.05) is 0 Å². The SMILES string of the molecule is C=C(F)/C=C\C(=C)C(=CC)C(=C)/C=C\C(=C)F. The minimum atomic E-state index is -0.556. The molecule has 0 spiro atoms. The minimum absolute atomic E-state index is 0.556. The zero-order valence-electron chi connectivity index (χ0n) is 9.97. The molecule has 0 amide bonds. The number of rotatable bonds is 6. The Morgan fingerprint density at radius 3 is 1.35 bits per heavy atom. The van der Waals surface area contributed by atoms with E-state index in [2.05, 4.69) is 26.3 Å². The second-order valence-corrected chi connectivity index (χ2v) is 3.31. The first kappa shape index (κ1) is 15.0. The van der Waals surface area contributed by atoms with Crippen molar-refractivity contribution in [1.82, 2.24) is 0 Å². The van der Waals surface area contributed by atoms with Crippen LogP contribution in [-0.2, 0) is 0 Å². The normalized spacial score (nSPS) is 10.5. The third kappa shape index (κ3) is 6.25. The van der Waals surface area contributed by atoms with Gasteiger partial charge < -0.3 is 0 Å². The summed E-state index contributed by atoms with van der Waals surface area (Å²) in [6.07, 6.45) is 7.15. The molecule has 0 fully saturated rings. The van der Waals surface area contributed by atoms with Gasteiger partial charge in [-0.15, -0.1) is 0 Å². The summed E-state index contributed by atoms with van der Waals surface area (Å²) in [6.45, 7) is 15.5. The standard InChI is InChI=1S/C15H16F2/c1-6-15(11(2)7-9-13(4)16)12(3)8-10-14(5)17/h6-10H,2-5H2,1H3/b9-7-,10-8-. The lowest BCUT2D eigenvalue weighted by atomic mass is 9.99. The lowest BCUT2D eigenvalue weighted by molar-refractivity contribution is 0.671. The van der Waals surface area contributed by atoms with E-state index in [0.29, 0.717) is 16.7 Å². The summed E-state index contributed by atoms with van der Waals surface area (Å²) in [6, 6.07) is 0. The first-order chi connectivity index (χ1) is 7.88. The molecule has 0 atom stereocenters. The Hall–Kier alpha value is -1.96. The maximum atomic E-state index is 12.4. The molecule has 0 aliphatic carbocycles. The number of halogens is 2. The van der Waals surface area contributed by atoms with E-state index in [1.165, 1.54) is 24.3 Å². The van der Waals surface area contributed by atoms with Crippen LogP contribution in [0.15, 0.2) is 85.1 Å². The number of hydrogen-bond acceptors (Lipinski definition) is 0. The van der Waals surface area contributed by atoms with Crippen LogP contribution in [0.1, 0.15) is 6.92 Å². The lowest BCUT2D eigenvalue weighted by Crippen LogP contribution is -1.87. The van der Waals surface area contributed by atoms with Gasteiger partial charge in [-0.2, -0.15) is 0 Å². The molecule has 0 aliphatic heterocycles. The Kier molecular flexibility index (Phi) is 6.49. The van der Waals surface area contributed by atoms with Crippen LogP contribution >= 0.6 is 0 Å². The summed E-state index contributed by atoms with van der Waals surface area (Å²) in [5.41, 5.74) is 1.86. The third-order valence-corrected chi connectivity index (χ3v) is 1.91. The molecule has 0 unspecified atom stereocenters. The average molecular weight is 234 g/mol. The van der Waals surface area contributed by atoms with Crippen LogP contribution in [0.25, 0.3) is 0 Å². The fourth-order valence-electron chi connectivity index (χ4n) is 1.14. The van der Waals surface area contributed by atoms with Gasteiger partial charge in [0.15, 0.2) is 0 Å². The summed E-state index contributed by atoms with van der Waals surface area (Å²) in [4.78, 5) is 0. The molecule has 0 bridgehead atoms. The second kappa shape index (κ2) is 7.34. The molecule has 0 aromatic rings. The zero-order valence-corrected chi connectivity index (χ0v) is 9.97. The number of hydrogen-bond donors (Lipinski definition) is 0. The average Bonchev–Trinajstić information content (AvgIpc) is 2.24. The van der Waals surface area contributed by atoms with E-state index in [1.54, 1.807) is 13.0 Å². The van der Waals surface area contributed by atoms with Gasteiger partial charge in [0, 0.05) is 0 Å². The van der Waals surface area contributed by atoms with Crippen molar-refractivity contribution in [1.29, 1.82) is 0 Å². The van der Waals surface area contributed by atoms with E-state index in [9.17, 15) is 8.78 Å². The van der Waals surface area contributed by atoms with E-state index in [0.717, 1.165) is 0 Å². The van der Waals surface area contributed by atoms with Crippen LogP contribution in [0.5, 0.6) is 0 Å². The molecule has 0 aromatic heterocycles. The Morgan fingerprint density at radius 2 is 1.12 bits per heavy atom. The summed E-state index contributed by atoms with van der Waals surface area (Å²) < 4.78 is 24.9. The Labute approximate surface area is 101 Å². The summed E-state index contributed by atoms with van der Waals surface area (Å²) in [5.74, 6) is -1.11. The summed E-state index contributed by atoms with van der Waals surface area (Å²) in [5, 5.41) is 0. The molecule has 0 rings (SSSR count). The van der Waals surface area contributed by atoms with Gasteiger partial charge in [0.1, 0.15) is 11.7 Å². The largest absolute Gasteiger partial charge is 0.208 e. The highest BCUT2D eigenvalue weighted by molar-refractivity contribution is 5.54. The van der Waals surface area contributed by atoms with Gasteiger partial charge in [-0.05, 0) is 35.8 Å². The quantitative estimate of drug-likeness (QED) is 0.559. The Bertz CT molecular complexity index is 394. The van der Waals surface area contributed by atoms with E-state index < -0.39 is 11.7 Å². The van der Waals surface area contributed by atoms with Crippen molar-refractivity contribution in [3.8, 4) is 0 Å². The molecule has 0 saturated heterocycles. The molecule has 0 N–H and O–H groups in total. The molecule has 0 saturated carbocycles. The van der Waals surface area contributed by atoms with Gasteiger partial charge in [-0.1, -0.05) is 44.5 Å². The first-order valence-corrected chi connectivity index (χ1v) is 4.98. The van der Waals surface area contributed by atoms with Crippen molar-refractivity contribution in [3.63, 3.8) is 0 Å². The van der Waals surface area contributed by atoms with Crippen molar-refractivity contribution < 1.29 is 8.78 Å². The van der Waals surface area contributed by atoms with Crippen LogP contribution in [-0.4, -0.2) is 0 Å². The molecule has 0 aromatic carbocycles. The van der Waals surface area contributed by atoms with Crippen LogP contribution in [0, 0.1) is 0 Å². The van der Waals surface area contributed by atoms with E-state index in [4.69, 9.17) is 0 Å². The fourth-order valence-corrected chi connectivity index (χ4v) is 1.14. The Balaban J connectivity index is 4.87. The smallest absolute Gasteiger partial charge is 0.116 e. The van der Waals surface area contributed by atoms with Crippen LogP contribution in [0.2, 0.25) is 0 Å². The first-order valence-electron chi connectivity index (χ1n) is 4.98. The fraction of sp³-hybridized carbons (Fsp3) is 0.0667. The highest BCUT2D eigenvalue weighted by Gasteiger charge is 2.01. The molecule has 0 radical (unpaired) electrons. The van der Waals surface area contributed by atoms with Gasteiger partial charge in [-0.3, -0.25) is 0 Å². The molecule has 0 nitrogen and oxygen atoms in total. The second-order valence-electron chi connectivity index (χ2n) is 3.31. The van der Waals surface area contributed by atoms with Gasteiger partial charge >= 0.3 is 0 Å². The lowest BCUT2D eigenvalue weighted by Gasteiger charge is -2.06. The molecule has 17 heavy (non-hydrogen) atoms. The monoisotopic (exact) mass is 234 g/mol. The maximum absolute atomic E-state index is 12.4. The predicted octanol–water partition coefficient (Wildman–Crippen LogP) is 5.12. The molecule has 0 heterocycles. The summed E-state index contributed by atoms with van der Waals surface area (Å²) in [7, 11) is 0. The third-order valence-electron chi connectivity index (χ3n) is 1.91. The highest BCUT2D eigenvalue weighted by atomic mass is 19.1. The molecular weight excluding hydrogens is 218 g/mol. The zero-order chi connectivity index (χ0) is 13.4. The molecule has 90 valence electrons. The van der Waals surface area contributed by atoms with Crippen molar-refractivity contribution in [2.75, 3.05) is 0 Å². The Morgan fingerprint density at radius 1 is 0.765 bits per heavy atom. The molecule has 0 aliphatic rings. The van der Waals surface area contributed by atoms with Gasteiger partial charge in [0.05, 0.1) is 0 Å². The van der Waals surface area contributed by atoms with Crippen molar-refractivity contribution >= 4 is 0 Å². The van der Waals surface area contributed by atoms with Crippen LogP contribution in [0.4, 0.5) is 8.78 Å². The van der Waals surface area contributed by atoms with Crippen LogP contribution < -0.4 is 0 Å². The van der Waals surface area contributed by atoms with Crippen LogP contribution in [0.3, 0.4) is 0 Å². The van der Waals surface area contributed by atoms with Gasteiger partial charge in [-0.25, -0.2) is 8.78 Å². The maximum Gasteiger partial charge on any atom is 0.116 e. The number of allylic oxidation sites excluding steroid dienone is 10. The van der Waals surface area contributed by atoms with Crippen molar-refractivity contribution in [3.05, 3.63) is 85.1 Å². The van der Waals surface area contributed by atoms with E-state index >= 15 is 0 Å². The van der Waals surface area contributed by atoms with Crippen molar-refractivity contribution in [2.45, 2.75) is 6.92 Å². The summed E-state index contributed by atoms with van der Waals surface area (Å²) >= 11 is 0. The molecule has 2 heteroatoms. The minimum Gasteiger partial charge on any atom is -0.208 e. The van der Waals surface area contributed by atoms with Gasteiger partial charge in [0.2, 0.25) is 0 Å². The van der Waals surface area contributed by atoms with Crippen molar-refractivity contribution in [2.24, 2.45) is 0 Å². The predicted molar refractivity (Wildman–Crippen MR) is 70.8 cm³/mol. The highest BCUT2D eigenvalue weighted by Crippen LogP contribution is 2.20. The van der Waals surface area contributed by atoms with Gasteiger partial charge in [0.25, 0.3) is 0 Å².